The SMILES string of the molecule is CCOC(=O)N1CCC2(CC(N3CCC([C@@H]4CCCN4C(=O)CCNC(=O)OCc4ccccc4)CC3)C2)C1. The quantitative estimate of drug-likeness (QED) is 0.536. The molecule has 0 radical (unpaired) electrons. The first kappa shape index (κ1) is 27.7. The van der Waals surface area contributed by atoms with Gasteiger partial charge < -0.3 is 29.5 Å². The molecule has 1 spiro atoms. The summed E-state index contributed by atoms with van der Waals surface area (Å²) < 4.78 is 10.4. The molecule has 1 saturated carbocycles. The molecule has 1 atom stereocenters. The number of nitrogens with zero attached hydrogens (tertiary/aromatic N) is 3. The summed E-state index contributed by atoms with van der Waals surface area (Å²) in [5, 5.41) is 2.72. The van der Waals surface area contributed by atoms with Gasteiger partial charge >= 0.3 is 12.2 Å². The van der Waals surface area contributed by atoms with E-state index >= 15 is 0 Å². The first-order valence-electron chi connectivity index (χ1n) is 14.9. The Morgan fingerprint density at radius 2 is 1.77 bits per heavy atom. The van der Waals surface area contributed by atoms with Crippen LogP contribution in [-0.4, -0.2) is 90.8 Å². The number of amides is 3. The van der Waals surface area contributed by atoms with Crippen LogP contribution in [0, 0.1) is 11.3 Å². The second-order valence-corrected chi connectivity index (χ2v) is 11.8. The Balaban J connectivity index is 0.998. The van der Waals surface area contributed by atoms with E-state index in [4.69, 9.17) is 9.47 Å². The highest BCUT2D eigenvalue weighted by Gasteiger charge is 2.51. The maximum absolute atomic E-state index is 13.0. The molecule has 0 unspecified atom stereocenters. The van der Waals surface area contributed by atoms with Crippen molar-refractivity contribution in [2.45, 2.75) is 77.0 Å². The largest absolute Gasteiger partial charge is 0.450 e. The Bertz CT molecular complexity index is 990. The van der Waals surface area contributed by atoms with Crippen molar-refractivity contribution in [3.8, 4) is 0 Å². The molecule has 0 aromatic heterocycles. The Morgan fingerprint density at radius 1 is 1.00 bits per heavy atom. The van der Waals surface area contributed by atoms with Crippen molar-refractivity contribution < 1.29 is 23.9 Å². The number of likely N-dealkylation sites (tertiary alicyclic amines) is 3. The molecule has 3 heterocycles. The van der Waals surface area contributed by atoms with Crippen LogP contribution in [0.25, 0.3) is 0 Å². The zero-order valence-electron chi connectivity index (χ0n) is 23.3. The third-order valence-corrected chi connectivity index (χ3v) is 9.38. The van der Waals surface area contributed by atoms with Crippen LogP contribution in [0.1, 0.15) is 63.9 Å². The molecule has 4 fully saturated rings. The molecular formula is C30H44N4O5. The average Bonchev–Trinajstić information content (AvgIpc) is 3.61. The molecular weight excluding hydrogens is 496 g/mol. The summed E-state index contributed by atoms with van der Waals surface area (Å²) in [4.78, 5) is 43.8. The second kappa shape index (κ2) is 12.6. The van der Waals surface area contributed by atoms with Gasteiger partial charge in [0.2, 0.25) is 5.91 Å². The maximum Gasteiger partial charge on any atom is 0.409 e. The van der Waals surface area contributed by atoms with Gasteiger partial charge in [-0.1, -0.05) is 30.3 Å². The molecule has 3 amide bonds. The summed E-state index contributed by atoms with van der Waals surface area (Å²) in [7, 11) is 0. The number of piperidine rings is 1. The highest BCUT2D eigenvalue weighted by Crippen LogP contribution is 2.51. The minimum atomic E-state index is -0.485. The molecule has 39 heavy (non-hydrogen) atoms. The molecule has 214 valence electrons. The van der Waals surface area contributed by atoms with E-state index in [0.29, 0.717) is 43.0 Å². The minimum Gasteiger partial charge on any atom is -0.450 e. The van der Waals surface area contributed by atoms with Gasteiger partial charge in [-0.15, -0.1) is 0 Å². The predicted octanol–water partition coefficient (Wildman–Crippen LogP) is 4.02. The second-order valence-electron chi connectivity index (χ2n) is 11.8. The zero-order chi connectivity index (χ0) is 27.2. The first-order chi connectivity index (χ1) is 19.0. The van der Waals surface area contributed by atoms with Crippen molar-refractivity contribution in [2.24, 2.45) is 11.3 Å². The molecule has 1 aromatic carbocycles. The van der Waals surface area contributed by atoms with Crippen LogP contribution in [0.15, 0.2) is 30.3 Å². The van der Waals surface area contributed by atoms with Gasteiger partial charge in [0.05, 0.1) is 6.61 Å². The van der Waals surface area contributed by atoms with Crippen LogP contribution in [0.3, 0.4) is 0 Å². The van der Waals surface area contributed by atoms with Gasteiger partial charge in [-0.05, 0) is 81.9 Å². The van der Waals surface area contributed by atoms with Gasteiger partial charge in [-0.2, -0.15) is 0 Å². The van der Waals surface area contributed by atoms with Crippen LogP contribution in [0.2, 0.25) is 0 Å². The lowest BCUT2D eigenvalue weighted by Crippen LogP contribution is -2.55. The number of rotatable bonds is 8. The van der Waals surface area contributed by atoms with Crippen LogP contribution < -0.4 is 5.32 Å². The topological polar surface area (TPSA) is 91.4 Å². The van der Waals surface area contributed by atoms with E-state index < -0.39 is 6.09 Å². The number of carbonyl (C=O) groups excluding carboxylic acids is 3. The van der Waals surface area contributed by atoms with E-state index in [9.17, 15) is 14.4 Å². The highest BCUT2D eigenvalue weighted by molar-refractivity contribution is 5.78. The lowest BCUT2D eigenvalue weighted by atomic mass is 9.64. The van der Waals surface area contributed by atoms with Crippen LogP contribution in [-0.2, 0) is 20.9 Å². The minimum absolute atomic E-state index is 0.136. The van der Waals surface area contributed by atoms with Gasteiger partial charge in [0.15, 0.2) is 0 Å². The van der Waals surface area contributed by atoms with Crippen molar-refractivity contribution in [3.63, 3.8) is 0 Å². The number of hydrogen-bond acceptors (Lipinski definition) is 6. The van der Waals surface area contributed by atoms with Crippen LogP contribution in [0.5, 0.6) is 0 Å². The fourth-order valence-corrected chi connectivity index (χ4v) is 7.29. The summed E-state index contributed by atoms with van der Waals surface area (Å²) in [6.07, 6.45) is 7.54. The molecule has 4 aliphatic rings. The normalized spacial score (nSPS) is 27.4. The van der Waals surface area contributed by atoms with Gasteiger partial charge in [-0.3, -0.25) is 4.79 Å². The third kappa shape index (κ3) is 6.68. The molecule has 0 bridgehead atoms. The summed E-state index contributed by atoms with van der Waals surface area (Å²) in [6, 6.07) is 10.5. The van der Waals surface area contributed by atoms with Crippen molar-refractivity contribution in [1.29, 1.82) is 0 Å². The van der Waals surface area contributed by atoms with Gasteiger partial charge in [0.1, 0.15) is 6.61 Å². The number of alkyl carbamates (subject to hydrolysis) is 1. The number of benzene rings is 1. The van der Waals surface area contributed by atoms with Gasteiger partial charge in [0.25, 0.3) is 0 Å². The summed E-state index contributed by atoms with van der Waals surface area (Å²) >= 11 is 0. The fourth-order valence-electron chi connectivity index (χ4n) is 7.29. The highest BCUT2D eigenvalue weighted by atomic mass is 16.6. The Hall–Kier alpha value is -2.81. The van der Waals surface area contributed by atoms with Crippen molar-refractivity contribution in [1.82, 2.24) is 20.0 Å². The maximum atomic E-state index is 13.0. The molecule has 9 nitrogen and oxygen atoms in total. The average molecular weight is 541 g/mol. The number of ether oxygens (including phenoxy) is 2. The first-order valence-corrected chi connectivity index (χ1v) is 14.9. The number of carbonyl (C=O) groups is 3. The molecule has 3 aliphatic heterocycles. The number of nitrogens with one attached hydrogen (secondary N) is 1. The van der Waals surface area contributed by atoms with E-state index in [0.717, 1.165) is 70.4 Å². The van der Waals surface area contributed by atoms with Gasteiger partial charge in [-0.25, -0.2) is 9.59 Å². The van der Waals surface area contributed by atoms with E-state index in [1.807, 2.05) is 42.2 Å². The molecule has 3 saturated heterocycles. The van der Waals surface area contributed by atoms with Crippen molar-refractivity contribution in [3.05, 3.63) is 35.9 Å². The lowest BCUT2D eigenvalue weighted by Gasteiger charge is -2.52. The standard InChI is InChI=1S/C30H44N4O5/c1-2-38-29(37)33-18-13-30(22-33)19-25(20-30)32-16-11-24(12-17-32)26-9-6-15-34(26)27(35)10-14-31-28(36)39-21-23-7-4-3-5-8-23/h3-5,7-8,24-26H,2,6,9-22H2,1H3,(H,31,36)/t25?,26-,30?/m0/s1. The van der Waals surface area contributed by atoms with E-state index in [-0.39, 0.29) is 18.6 Å². The monoisotopic (exact) mass is 540 g/mol. The smallest absolute Gasteiger partial charge is 0.409 e. The van der Waals surface area contributed by atoms with Crippen molar-refractivity contribution >= 4 is 18.1 Å². The summed E-state index contributed by atoms with van der Waals surface area (Å²) in [5.41, 5.74) is 1.23. The van der Waals surface area contributed by atoms with Crippen LogP contribution in [0.4, 0.5) is 9.59 Å². The Kier molecular flexibility index (Phi) is 8.95. The summed E-state index contributed by atoms with van der Waals surface area (Å²) in [6.45, 7) is 7.50. The predicted molar refractivity (Wildman–Crippen MR) is 147 cm³/mol. The molecule has 1 N–H and O–H groups in total. The molecule has 1 aliphatic carbocycles. The van der Waals surface area contributed by atoms with E-state index in [2.05, 4.69) is 15.1 Å². The number of hydrogen-bond donors (Lipinski definition) is 1. The Labute approximate surface area is 232 Å². The van der Waals surface area contributed by atoms with Crippen molar-refractivity contribution in [2.75, 3.05) is 45.9 Å². The Morgan fingerprint density at radius 3 is 2.51 bits per heavy atom. The fraction of sp³-hybridized carbons (Fsp3) is 0.700. The summed E-state index contributed by atoms with van der Waals surface area (Å²) in [5.74, 6) is 0.688. The van der Waals surface area contributed by atoms with E-state index in [1.54, 1.807) is 0 Å². The van der Waals surface area contributed by atoms with Gasteiger partial charge in [0, 0.05) is 44.7 Å². The third-order valence-electron chi connectivity index (χ3n) is 9.38. The zero-order valence-corrected chi connectivity index (χ0v) is 23.3. The lowest BCUT2D eigenvalue weighted by molar-refractivity contribution is -0.133. The van der Waals surface area contributed by atoms with Crippen LogP contribution >= 0.6 is 0 Å². The van der Waals surface area contributed by atoms with E-state index in [1.165, 1.54) is 12.8 Å². The molecule has 5 rings (SSSR count). The molecule has 9 heteroatoms. The molecule has 1 aromatic rings.